The Labute approximate surface area is 134 Å². The summed E-state index contributed by atoms with van der Waals surface area (Å²) in [6.07, 6.45) is 9.23. The lowest BCUT2D eigenvalue weighted by Crippen LogP contribution is -2.19. The maximum absolute atomic E-state index is 13.2. The van der Waals surface area contributed by atoms with E-state index in [-0.39, 0.29) is 18.3 Å². The van der Waals surface area contributed by atoms with Crippen molar-refractivity contribution < 1.29 is 9.18 Å². The molecule has 23 heavy (non-hydrogen) atoms. The number of hydrogen-bond acceptors (Lipinski definition) is 3. The van der Waals surface area contributed by atoms with Crippen molar-refractivity contribution >= 4 is 11.6 Å². The molecule has 0 spiro atoms. The van der Waals surface area contributed by atoms with Crippen molar-refractivity contribution in [1.29, 1.82) is 0 Å². The summed E-state index contributed by atoms with van der Waals surface area (Å²) in [5, 5.41) is 10.9. The summed E-state index contributed by atoms with van der Waals surface area (Å²) in [5.74, 6) is -0.250. The van der Waals surface area contributed by atoms with Crippen LogP contribution in [0.3, 0.4) is 0 Å². The minimum Gasteiger partial charge on any atom is -0.324 e. The van der Waals surface area contributed by atoms with Crippen molar-refractivity contribution in [1.82, 2.24) is 15.0 Å². The van der Waals surface area contributed by atoms with Crippen LogP contribution in [0.4, 0.5) is 10.1 Å². The Balaban J connectivity index is 1.63. The normalized spacial score (nSPS) is 17.2. The molecule has 1 aliphatic rings. The van der Waals surface area contributed by atoms with Crippen LogP contribution in [0.1, 0.15) is 36.4 Å². The average molecular weight is 314 g/mol. The number of hydrogen-bond donors (Lipinski definition) is 1. The Morgan fingerprint density at radius 3 is 3.09 bits per heavy atom. The van der Waals surface area contributed by atoms with Crippen molar-refractivity contribution in [3.05, 3.63) is 53.6 Å². The van der Waals surface area contributed by atoms with Gasteiger partial charge in [-0.2, -0.15) is 0 Å². The topological polar surface area (TPSA) is 59.8 Å². The number of halogens is 1. The lowest BCUT2D eigenvalue weighted by molar-refractivity contribution is -0.116. The zero-order valence-electron chi connectivity index (χ0n) is 13.0. The summed E-state index contributed by atoms with van der Waals surface area (Å²) in [4.78, 5) is 12.1. The van der Waals surface area contributed by atoms with E-state index in [1.54, 1.807) is 6.07 Å². The van der Waals surface area contributed by atoms with Crippen LogP contribution in [0.2, 0.25) is 0 Å². The fourth-order valence-electron chi connectivity index (χ4n) is 2.71. The zero-order valence-corrected chi connectivity index (χ0v) is 13.0. The molecular formula is C17H19FN4O. The lowest BCUT2D eigenvalue weighted by atomic mass is 9.92. The molecule has 0 unspecified atom stereocenters. The molecule has 120 valence electrons. The maximum Gasteiger partial charge on any atom is 0.246 e. The Bertz CT molecular complexity index is 738. The minimum absolute atomic E-state index is 0.0610. The molecule has 2 aromatic rings. The number of benzene rings is 1. The third-order valence-electron chi connectivity index (χ3n) is 4.02. The summed E-state index contributed by atoms with van der Waals surface area (Å²) in [6, 6.07) is 4.32. The number of nitrogens with zero attached hydrogens (tertiary/aromatic N) is 3. The van der Waals surface area contributed by atoms with Gasteiger partial charge < -0.3 is 5.32 Å². The van der Waals surface area contributed by atoms with E-state index in [9.17, 15) is 9.18 Å². The van der Waals surface area contributed by atoms with Crippen LogP contribution in [0.25, 0.3) is 0 Å². The van der Waals surface area contributed by atoms with Gasteiger partial charge in [0, 0.05) is 17.8 Å². The molecule has 5 nitrogen and oxygen atoms in total. The molecule has 1 amide bonds. The van der Waals surface area contributed by atoms with Gasteiger partial charge in [-0.05, 0) is 43.9 Å². The highest BCUT2D eigenvalue weighted by molar-refractivity contribution is 5.91. The Hall–Kier alpha value is -2.50. The summed E-state index contributed by atoms with van der Waals surface area (Å²) in [7, 11) is 0. The van der Waals surface area contributed by atoms with Gasteiger partial charge in [0.05, 0.1) is 5.69 Å². The van der Waals surface area contributed by atoms with E-state index >= 15 is 0 Å². The van der Waals surface area contributed by atoms with E-state index in [2.05, 4.69) is 27.8 Å². The Kier molecular flexibility index (Phi) is 4.50. The predicted molar refractivity (Wildman–Crippen MR) is 85.5 cm³/mol. The first-order valence-electron chi connectivity index (χ1n) is 7.73. The lowest BCUT2D eigenvalue weighted by Gasteiger charge is -2.13. The molecular weight excluding hydrogens is 295 g/mol. The van der Waals surface area contributed by atoms with E-state index in [0.29, 0.717) is 11.6 Å². The van der Waals surface area contributed by atoms with Crippen LogP contribution in [0.5, 0.6) is 0 Å². The second kappa shape index (κ2) is 6.73. The number of amides is 1. The molecule has 1 aliphatic carbocycles. The fourth-order valence-corrected chi connectivity index (χ4v) is 2.71. The SMILES string of the molecule is Cc1ccc(F)cc1NC(=O)Cn1cc([C@@H]2CC=CCC2)nn1. The molecule has 0 saturated carbocycles. The van der Waals surface area contributed by atoms with Crippen LogP contribution in [0.15, 0.2) is 36.5 Å². The van der Waals surface area contributed by atoms with Gasteiger partial charge in [0.1, 0.15) is 12.4 Å². The largest absolute Gasteiger partial charge is 0.324 e. The van der Waals surface area contributed by atoms with E-state index in [1.165, 1.54) is 16.8 Å². The highest BCUT2D eigenvalue weighted by Crippen LogP contribution is 2.27. The predicted octanol–water partition coefficient (Wildman–Crippen LogP) is 3.19. The number of allylic oxidation sites excluding steroid dienone is 2. The van der Waals surface area contributed by atoms with Crippen LogP contribution < -0.4 is 5.32 Å². The van der Waals surface area contributed by atoms with E-state index in [0.717, 1.165) is 30.5 Å². The summed E-state index contributed by atoms with van der Waals surface area (Å²) in [6.45, 7) is 1.88. The first kappa shape index (κ1) is 15.4. The number of rotatable bonds is 4. The molecule has 0 saturated heterocycles. The summed E-state index contributed by atoms with van der Waals surface area (Å²) < 4.78 is 14.8. The molecule has 1 N–H and O–H groups in total. The first-order valence-corrected chi connectivity index (χ1v) is 7.73. The van der Waals surface area contributed by atoms with Crippen molar-refractivity contribution in [3.8, 4) is 0 Å². The van der Waals surface area contributed by atoms with Gasteiger partial charge >= 0.3 is 0 Å². The number of carbonyl (C=O) groups excluding carboxylic acids is 1. The van der Waals surface area contributed by atoms with Gasteiger partial charge in [0.25, 0.3) is 0 Å². The number of aryl methyl sites for hydroxylation is 1. The van der Waals surface area contributed by atoms with Crippen LogP contribution in [0, 0.1) is 12.7 Å². The van der Waals surface area contributed by atoms with Gasteiger partial charge in [-0.15, -0.1) is 5.10 Å². The van der Waals surface area contributed by atoms with Crippen molar-refractivity contribution in [2.45, 2.75) is 38.6 Å². The third-order valence-corrected chi connectivity index (χ3v) is 4.02. The second-order valence-electron chi connectivity index (χ2n) is 5.83. The average Bonchev–Trinajstić information content (AvgIpc) is 3.00. The van der Waals surface area contributed by atoms with Gasteiger partial charge in [-0.25, -0.2) is 9.07 Å². The van der Waals surface area contributed by atoms with Crippen LogP contribution in [-0.4, -0.2) is 20.9 Å². The van der Waals surface area contributed by atoms with Crippen molar-refractivity contribution in [3.63, 3.8) is 0 Å². The second-order valence-corrected chi connectivity index (χ2v) is 5.83. The molecule has 0 fully saturated rings. The van der Waals surface area contributed by atoms with Gasteiger partial charge in [-0.1, -0.05) is 23.4 Å². The van der Waals surface area contributed by atoms with Crippen molar-refractivity contribution in [2.75, 3.05) is 5.32 Å². The molecule has 1 aromatic carbocycles. The van der Waals surface area contributed by atoms with Crippen molar-refractivity contribution in [2.24, 2.45) is 0 Å². The Morgan fingerprint density at radius 2 is 2.30 bits per heavy atom. The molecule has 1 heterocycles. The molecule has 1 atom stereocenters. The third kappa shape index (κ3) is 3.83. The zero-order chi connectivity index (χ0) is 16.2. The highest BCUT2D eigenvalue weighted by Gasteiger charge is 2.16. The summed E-state index contributed by atoms with van der Waals surface area (Å²) in [5.41, 5.74) is 2.21. The number of anilines is 1. The van der Waals surface area contributed by atoms with E-state index in [1.807, 2.05) is 13.1 Å². The fraction of sp³-hybridized carbons (Fsp3) is 0.353. The monoisotopic (exact) mass is 314 g/mol. The molecule has 0 aliphatic heterocycles. The number of carbonyl (C=O) groups is 1. The van der Waals surface area contributed by atoms with E-state index in [4.69, 9.17) is 0 Å². The smallest absolute Gasteiger partial charge is 0.246 e. The Morgan fingerprint density at radius 1 is 1.43 bits per heavy atom. The quantitative estimate of drug-likeness (QED) is 0.882. The summed E-state index contributed by atoms with van der Waals surface area (Å²) >= 11 is 0. The maximum atomic E-state index is 13.2. The molecule has 0 bridgehead atoms. The van der Waals surface area contributed by atoms with Gasteiger partial charge in [-0.3, -0.25) is 4.79 Å². The number of nitrogens with one attached hydrogen (secondary N) is 1. The molecule has 6 heteroatoms. The molecule has 1 aromatic heterocycles. The molecule has 3 rings (SSSR count). The highest BCUT2D eigenvalue weighted by atomic mass is 19.1. The molecule has 0 radical (unpaired) electrons. The van der Waals surface area contributed by atoms with Gasteiger partial charge in [0.15, 0.2) is 0 Å². The minimum atomic E-state index is -0.376. The number of aromatic nitrogens is 3. The van der Waals surface area contributed by atoms with Crippen LogP contribution >= 0.6 is 0 Å². The van der Waals surface area contributed by atoms with Crippen LogP contribution in [-0.2, 0) is 11.3 Å². The standard InChI is InChI=1S/C17H19FN4O/c1-12-7-8-14(18)9-15(12)19-17(23)11-22-10-16(20-21-22)13-5-3-2-4-6-13/h2-3,7-10,13H,4-6,11H2,1H3,(H,19,23)/t13-/m1/s1. The van der Waals surface area contributed by atoms with E-state index < -0.39 is 0 Å². The van der Waals surface area contributed by atoms with Gasteiger partial charge in [0.2, 0.25) is 5.91 Å². The first-order chi connectivity index (χ1) is 11.1.